The van der Waals surface area contributed by atoms with Gasteiger partial charge in [0, 0.05) is 0 Å². The molecule has 0 unspecified atom stereocenters. The van der Waals surface area contributed by atoms with E-state index in [0.29, 0.717) is 13.0 Å². The summed E-state index contributed by atoms with van der Waals surface area (Å²) in [6, 6.07) is 0. The van der Waals surface area contributed by atoms with Gasteiger partial charge in [0.15, 0.2) is 0 Å². The molecule has 1 aliphatic carbocycles. The predicted octanol–water partition coefficient (Wildman–Crippen LogP) is 2.34. The number of methoxy groups -OCH3 is 1. The van der Waals surface area contributed by atoms with E-state index in [1.54, 1.807) is 0 Å². The van der Waals surface area contributed by atoms with Gasteiger partial charge in [0.25, 0.3) is 0 Å². The Labute approximate surface area is 98.7 Å². The summed E-state index contributed by atoms with van der Waals surface area (Å²) in [5.41, 5.74) is 5.87. The van der Waals surface area contributed by atoms with Gasteiger partial charge in [-0.05, 0) is 49.5 Å². The van der Waals surface area contributed by atoms with Gasteiger partial charge >= 0.3 is 5.97 Å². The van der Waals surface area contributed by atoms with Crippen LogP contribution in [0.5, 0.6) is 0 Å². The molecule has 0 aromatic heterocycles. The minimum Gasteiger partial charge on any atom is -0.469 e. The largest absolute Gasteiger partial charge is 0.469 e. The zero-order valence-corrected chi connectivity index (χ0v) is 10.8. The first-order valence-electron chi connectivity index (χ1n) is 6.30. The Bertz CT molecular complexity index is 230. The Hall–Kier alpha value is -0.570. The van der Waals surface area contributed by atoms with Crippen LogP contribution in [0, 0.1) is 17.3 Å². The van der Waals surface area contributed by atoms with Crippen molar-refractivity contribution in [3.63, 3.8) is 0 Å². The zero-order valence-electron chi connectivity index (χ0n) is 10.8. The molecular weight excluding hydrogens is 202 g/mol. The number of hydrogen-bond acceptors (Lipinski definition) is 3. The van der Waals surface area contributed by atoms with Crippen molar-refractivity contribution in [1.29, 1.82) is 0 Å². The van der Waals surface area contributed by atoms with Gasteiger partial charge in [-0.3, -0.25) is 4.79 Å². The summed E-state index contributed by atoms with van der Waals surface area (Å²) in [6.07, 6.45) is 5.03. The van der Waals surface area contributed by atoms with E-state index >= 15 is 0 Å². The SMILES string of the molecule is COC(=O)CC1(CN)CCC(C(C)C)CC1. The van der Waals surface area contributed by atoms with Crippen molar-refractivity contribution < 1.29 is 9.53 Å². The van der Waals surface area contributed by atoms with E-state index in [9.17, 15) is 4.79 Å². The first-order chi connectivity index (χ1) is 7.53. The first-order valence-corrected chi connectivity index (χ1v) is 6.30. The minimum absolute atomic E-state index is 0.0124. The highest BCUT2D eigenvalue weighted by molar-refractivity contribution is 5.70. The van der Waals surface area contributed by atoms with Crippen molar-refractivity contribution in [3.05, 3.63) is 0 Å². The molecule has 0 aromatic carbocycles. The van der Waals surface area contributed by atoms with Crippen molar-refractivity contribution in [2.24, 2.45) is 23.0 Å². The molecule has 1 fully saturated rings. The van der Waals surface area contributed by atoms with Gasteiger partial charge in [-0.15, -0.1) is 0 Å². The lowest BCUT2D eigenvalue weighted by Gasteiger charge is -2.40. The van der Waals surface area contributed by atoms with E-state index in [4.69, 9.17) is 10.5 Å². The monoisotopic (exact) mass is 227 g/mol. The van der Waals surface area contributed by atoms with Crippen molar-refractivity contribution >= 4 is 5.97 Å². The maximum Gasteiger partial charge on any atom is 0.306 e. The average molecular weight is 227 g/mol. The highest BCUT2D eigenvalue weighted by Crippen LogP contribution is 2.43. The third-order valence-corrected chi connectivity index (χ3v) is 4.21. The summed E-state index contributed by atoms with van der Waals surface area (Å²) in [4.78, 5) is 11.4. The third kappa shape index (κ3) is 3.21. The van der Waals surface area contributed by atoms with E-state index in [0.717, 1.165) is 24.7 Å². The van der Waals surface area contributed by atoms with Crippen molar-refractivity contribution in [2.45, 2.75) is 46.0 Å². The zero-order chi connectivity index (χ0) is 12.2. The molecular formula is C13H25NO2. The van der Waals surface area contributed by atoms with Crippen LogP contribution in [0.15, 0.2) is 0 Å². The van der Waals surface area contributed by atoms with Crippen LogP contribution in [-0.4, -0.2) is 19.6 Å². The fraction of sp³-hybridized carbons (Fsp3) is 0.923. The second kappa shape index (κ2) is 5.67. The molecule has 0 aromatic rings. The molecule has 0 aliphatic heterocycles. The summed E-state index contributed by atoms with van der Waals surface area (Å²) in [5.74, 6) is 1.43. The molecule has 0 bridgehead atoms. The topological polar surface area (TPSA) is 52.3 Å². The molecule has 0 amide bonds. The second-order valence-electron chi connectivity index (χ2n) is 5.54. The molecule has 3 heteroatoms. The quantitative estimate of drug-likeness (QED) is 0.750. The lowest BCUT2D eigenvalue weighted by molar-refractivity contribution is -0.144. The van der Waals surface area contributed by atoms with Gasteiger partial charge in [-0.2, -0.15) is 0 Å². The second-order valence-corrected chi connectivity index (χ2v) is 5.54. The van der Waals surface area contributed by atoms with E-state index in [-0.39, 0.29) is 11.4 Å². The van der Waals surface area contributed by atoms with Crippen LogP contribution in [0.2, 0.25) is 0 Å². The highest BCUT2D eigenvalue weighted by Gasteiger charge is 2.36. The minimum atomic E-state index is -0.117. The molecule has 94 valence electrons. The maximum atomic E-state index is 11.4. The predicted molar refractivity (Wildman–Crippen MR) is 64.9 cm³/mol. The number of esters is 1. The molecule has 0 radical (unpaired) electrons. The van der Waals surface area contributed by atoms with E-state index in [2.05, 4.69) is 13.8 Å². The lowest BCUT2D eigenvalue weighted by atomic mass is 9.66. The molecule has 0 atom stereocenters. The molecule has 1 aliphatic rings. The molecule has 1 saturated carbocycles. The Morgan fingerprint density at radius 1 is 1.44 bits per heavy atom. The standard InChI is InChI=1S/C13H25NO2/c1-10(2)11-4-6-13(9-14,7-5-11)8-12(15)16-3/h10-11H,4-9,14H2,1-3H3. The van der Waals surface area contributed by atoms with Crippen LogP contribution in [0.3, 0.4) is 0 Å². The van der Waals surface area contributed by atoms with Crippen LogP contribution in [0.25, 0.3) is 0 Å². The number of carbonyl (C=O) groups excluding carboxylic acids is 1. The van der Waals surface area contributed by atoms with Crippen molar-refractivity contribution in [3.8, 4) is 0 Å². The number of rotatable bonds is 4. The van der Waals surface area contributed by atoms with E-state index in [1.807, 2.05) is 0 Å². The van der Waals surface area contributed by atoms with Crippen LogP contribution in [-0.2, 0) is 9.53 Å². The smallest absolute Gasteiger partial charge is 0.306 e. The molecule has 1 rings (SSSR count). The summed E-state index contributed by atoms with van der Waals surface area (Å²) in [5, 5.41) is 0. The fourth-order valence-corrected chi connectivity index (χ4v) is 2.75. The number of nitrogens with two attached hydrogens (primary N) is 1. The summed E-state index contributed by atoms with van der Waals surface area (Å²) >= 11 is 0. The molecule has 16 heavy (non-hydrogen) atoms. The summed E-state index contributed by atoms with van der Waals surface area (Å²) < 4.78 is 4.76. The van der Waals surface area contributed by atoms with Crippen LogP contribution in [0.1, 0.15) is 46.0 Å². The van der Waals surface area contributed by atoms with Gasteiger partial charge in [-0.25, -0.2) is 0 Å². The van der Waals surface area contributed by atoms with Gasteiger partial charge in [-0.1, -0.05) is 13.8 Å². The molecule has 0 heterocycles. The average Bonchev–Trinajstić information content (AvgIpc) is 2.29. The fourth-order valence-electron chi connectivity index (χ4n) is 2.75. The van der Waals surface area contributed by atoms with E-state index < -0.39 is 0 Å². The molecule has 2 N–H and O–H groups in total. The Morgan fingerprint density at radius 2 is 2.00 bits per heavy atom. The highest BCUT2D eigenvalue weighted by atomic mass is 16.5. The van der Waals surface area contributed by atoms with Crippen molar-refractivity contribution in [2.75, 3.05) is 13.7 Å². The number of ether oxygens (including phenoxy) is 1. The lowest BCUT2D eigenvalue weighted by Crippen LogP contribution is -2.38. The van der Waals surface area contributed by atoms with E-state index in [1.165, 1.54) is 20.0 Å². The summed E-state index contributed by atoms with van der Waals surface area (Å²) in [6.45, 7) is 5.16. The molecule has 0 spiro atoms. The Kier molecular flexibility index (Phi) is 4.78. The number of carbonyl (C=O) groups is 1. The van der Waals surface area contributed by atoms with Crippen LogP contribution >= 0.6 is 0 Å². The van der Waals surface area contributed by atoms with Gasteiger partial charge < -0.3 is 10.5 Å². The Morgan fingerprint density at radius 3 is 2.38 bits per heavy atom. The van der Waals surface area contributed by atoms with Gasteiger partial charge in [0.1, 0.15) is 0 Å². The first kappa shape index (κ1) is 13.5. The van der Waals surface area contributed by atoms with Crippen LogP contribution in [0.4, 0.5) is 0 Å². The Balaban J connectivity index is 2.54. The molecule has 0 saturated heterocycles. The van der Waals surface area contributed by atoms with Gasteiger partial charge in [0.2, 0.25) is 0 Å². The number of hydrogen-bond donors (Lipinski definition) is 1. The molecule has 3 nitrogen and oxygen atoms in total. The third-order valence-electron chi connectivity index (χ3n) is 4.21. The van der Waals surface area contributed by atoms with Crippen LogP contribution < -0.4 is 5.73 Å². The maximum absolute atomic E-state index is 11.4. The van der Waals surface area contributed by atoms with Crippen molar-refractivity contribution in [1.82, 2.24) is 0 Å². The normalized spacial score (nSPS) is 30.4. The van der Waals surface area contributed by atoms with Gasteiger partial charge in [0.05, 0.1) is 13.5 Å². The summed E-state index contributed by atoms with van der Waals surface area (Å²) in [7, 11) is 1.45.